The molecule has 1 aromatic heterocycles. The van der Waals surface area contributed by atoms with E-state index in [-0.39, 0.29) is 16.7 Å². The van der Waals surface area contributed by atoms with Crippen molar-refractivity contribution < 1.29 is 18.0 Å². The molecule has 0 saturated heterocycles. The van der Waals surface area contributed by atoms with Gasteiger partial charge in [-0.25, -0.2) is 8.78 Å². The fourth-order valence-corrected chi connectivity index (χ4v) is 4.29. The van der Waals surface area contributed by atoms with Gasteiger partial charge in [0, 0.05) is 23.5 Å². The highest BCUT2D eigenvalue weighted by atomic mass is 32.2. The molecule has 0 aliphatic carbocycles. The standard InChI is InChI=1S/C21H17F2NO3S/c1-21(12-28-11-15-16(22)6-4-7-17(15)23)9-18(24-27-21)14-10-26-19-8-3-2-5-13(19)20(14)25/h2-8,10H,9,11-12H2,1H3. The SMILES string of the molecule is CC1(CSCc2c(F)cccc2F)CC(c2coc3ccccc3c2=O)=NO1. The van der Waals surface area contributed by atoms with Crippen LogP contribution in [0, 0.1) is 11.6 Å². The van der Waals surface area contributed by atoms with Crippen molar-refractivity contribution >= 4 is 28.4 Å². The van der Waals surface area contributed by atoms with Crippen molar-refractivity contribution in [2.24, 2.45) is 5.16 Å². The molecule has 0 amide bonds. The fraction of sp³-hybridized carbons (Fsp3) is 0.238. The molecule has 144 valence electrons. The summed E-state index contributed by atoms with van der Waals surface area (Å²) < 4.78 is 33.0. The van der Waals surface area contributed by atoms with Crippen molar-refractivity contribution in [2.45, 2.75) is 24.7 Å². The molecule has 1 aliphatic heterocycles. The van der Waals surface area contributed by atoms with Crippen LogP contribution in [0.1, 0.15) is 24.5 Å². The maximum absolute atomic E-state index is 13.7. The zero-order valence-corrected chi connectivity index (χ0v) is 15.9. The molecule has 0 radical (unpaired) electrons. The van der Waals surface area contributed by atoms with Gasteiger partial charge in [-0.3, -0.25) is 4.79 Å². The molecule has 0 saturated carbocycles. The van der Waals surface area contributed by atoms with Crippen molar-refractivity contribution in [3.63, 3.8) is 0 Å². The van der Waals surface area contributed by atoms with E-state index in [2.05, 4.69) is 5.16 Å². The van der Waals surface area contributed by atoms with Gasteiger partial charge < -0.3 is 9.25 Å². The molecule has 0 N–H and O–H groups in total. The smallest absolute Gasteiger partial charge is 0.201 e. The molecule has 3 aromatic rings. The molecule has 4 nitrogen and oxygen atoms in total. The lowest BCUT2D eigenvalue weighted by Gasteiger charge is -2.20. The Hall–Kier alpha value is -2.67. The fourth-order valence-electron chi connectivity index (χ4n) is 3.12. The molecule has 1 unspecified atom stereocenters. The lowest BCUT2D eigenvalue weighted by atomic mass is 9.98. The van der Waals surface area contributed by atoms with Gasteiger partial charge >= 0.3 is 0 Å². The minimum Gasteiger partial charge on any atom is -0.463 e. The number of nitrogens with zero attached hydrogens (tertiary/aromatic N) is 1. The van der Waals surface area contributed by atoms with Gasteiger partial charge in [-0.15, -0.1) is 0 Å². The Balaban J connectivity index is 1.46. The monoisotopic (exact) mass is 401 g/mol. The van der Waals surface area contributed by atoms with E-state index < -0.39 is 17.2 Å². The zero-order chi connectivity index (χ0) is 19.7. The van der Waals surface area contributed by atoms with E-state index in [1.807, 2.05) is 6.92 Å². The number of thioether (sulfide) groups is 1. The Morgan fingerprint density at radius 2 is 1.89 bits per heavy atom. The van der Waals surface area contributed by atoms with Crippen LogP contribution in [0.5, 0.6) is 0 Å². The summed E-state index contributed by atoms with van der Waals surface area (Å²) in [6.45, 7) is 1.86. The minimum absolute atomic E-state index is 0.0467. The summed E-state index contributed by atoms with van der Waals surface area (Å²) in [5.41, 5.74) is 0.619. The second-order valence-corrected chi connectivity index (χ2v) is 7.91. The third kappa shape index (κ3) is 3.54. The average Bonchev–Trinajstić information content (AvgIpc) is 3.07. The molecule has 2 heterocycles. The molecule has 7 heteroatoms. The molecule has 0 bridgehead atoms. The van der Waals surface area contributed by atoms with Crippen molar-refractivity contribution in [1.29, 1.82) is 0 Å². The van der Waals surface area contributed by atoms with Crippen LogP contribution in [-0.2, 0) is 10.6 Å². The maximum Gasteiger partial charge on any atom is 0.201 e. The maximum atomic E-state index is 13.7. The number of halogens is 2. The first kappa shape index (κ1) is 18.7. The number of hydrogen-bond acceptors (Lipinski definition) is 5. The van der Waals surface area contributed by atoms with Gasteiger partial charge in [0.2, 0.25) is 5.43 Å². The van der Waals surface area contributed by atoms with Gasteiger partial charge in [0.1, 0.15) is 29.1 Å². The molecule has 0 spiro atoms. The summed E-state index contributed by atoms with van der Waals surface area (Å²) in [6.07, 6.45) is 1.81. The summed E-state index contributed by atoms with van der Waals surface area (Å²) in [7, 11) is 0. The molecule has 0 fully saturated rings. The number of oxime groups is 1. The Labute approximate surface area is 164 Å². The summed E-state index contributed by atoms with van der Waals surface area (Å²) in [6, 6.07) is 10.8. The highest BCUT2D eigenvalue weighted by Gasteiger charge is 2.36. The summed E-state index contributed by atoms with van der Waals surface area (Å²) in [4.78, 5) is 18.3. The second-order valence-electron chi connectivity index (χ2n) is 6.92. The predicted octanol–water partition coefficient (Wildman–Crippen LogP) is 4.89. The number of rotatable bonds is 5. The summed E-state index contributed by atoms with van der Waals surface area (Å²) >= 11 is 1.35. The van der Waals surface area contributed by atoms with Crippen LogP contribution >= 0.6 is 11.8 Å². The Bertz CT molecular complexity index is 1110. The topological polar surface area (TPSA) is 51.8 Å². The highest BCUT2D eigenvalue weighted by molar-refractivity contribution is 7.98. The largest absolute Gasteiger partial charge is 0.463 e. The van der Waals surface area contributed by atoms with Gasteiger partial charge in [-0.2, -0.15) is 11.8 Å². The molecule has 1 aliphatic rings. The average molecular weight is 401 g/mol. The van der Waals surface area contributed by atoms with Crippen molar-refractivity contribution in [3.05, 3.63) is 81.7 Å². The normalized spacial score (nSPS) is 18.9. The van der Waals surface area contributed by atoms with E-state index in [4.69, 9.17) is 9.25 Å². The summed E-state index contributed by atoms with van der Waals surface area (Å²) in [5, 5.41) is 4.57. The van der Waals surface area contributed by atoms with Gasteiger partial charge in [0.25, 0.3) is 0 Å². The van der Waals surface area contributed by atoms with Gasteiger partial charge in [0.05, 0.1) is 16.7 Å². The number of benzene rings is 2. The third-order valence-corrected chi connectivity index (χ3v) is 5.93. The number of fused-ring (bicyclic) bond motifs is 1. The van der Waals surface area contributed by atoms with Crippen LogP contribution in [0.2, 0.25) is 0 Å². The van der Waals surface area contributed by atoms with E-state index in [9.17, 15) is 13.6 Å². The van der Waals surface area contributed by atoms with E-state index in [1.165, 1.54) is 36.2 Å². The zero-order valence-electron chi connectivity index (χ0n) is 15.1. The molecular formula is C21H17F2NO3S. The summed E-state index contributed by atoms with van der Waals surface area (Å²) in [5.74, 6) is -0.469. The minimum atomic E-state index is -0.667. The first-order valence-electron chi connectivity index (χ1n) is 8.73. The van der Waals surface area contributed by atoms with Gasteiger partial charge in [0.15, 0.2) is 0 Å². The van der Waals surface area contributed by atoms with Crippen LogP contribution in [-0.4, -0.2) is 17.1 Å². The van der Waals surface area contributed by atoms with Crippen molar-refractivity contribution in [2.75, 3.05) is 5.75 Å². The highest BCUT2D eigenvalue weighted by Crippen LogP contribution is 2.31. The number of para-hydroxylation sites is 1. The third-order valence-electron chi connectivity index (χ3n) is 4.62. The van der Waals surface area contributed by atoms with E-state index in [0.29, 0.717) is 34.4 Å². The molecule has 2 aromatic carbocycles. The first-order chi connectivity index (χ1) is 13.5. The van der Waals surface area contributed by atoms with E-state index in [0.717, 1.165) is 0 Å². The Morgan fingerprint density at radius 1 is 1.14 bits per heavy atom. The number of hydrogen-bond donors (Lipinski definition) is 0. The van der Waals surface area contributed by atoms with Crippen molar-refractivity contribution in [3.8, 4) is 0 Å². The van der Waals surface area contributed by atoms with E-state index >= 15 is 0 Å². The molecule has 28 heavy (non-hydrogen) atoms. The Kier molecular flexibility index (Phi) is 4.93. The van der Waals surface area contributed by atoms with Gasteiger partial charge in [-0.1, -0.05) is 23.4 Å². The quantitative estimate of drug-likeness (QED) is 0.611. The van der Waals surface area contributed by atoms with Crippen LogP contribution in [0.15, 0.2) is 63.1 Å². The van der Waals surface area contributed by atoms with Crippen LogP contribution in [0.4, 0.5) is 8.78 Å². The molecule has 4 rings (SSSR count). The van der Waals surface area contributed by atoms with Crippen LogP contribution < -0.4 is 5.43 Å². The first-order valence-corrected chi connectivity index (χ1v) is 9.89. The predicted molar refractivity (Wildman–Crippen MR) is 106 cm³/mol. The Morgan fingerprint density at radius 3 is 2.68 bits per heavy atom. The molecular weight excluding hydrogens is 384 g/mol. The second kappa shape index (κ2) is 7.39. The van der Waals surface area contributed by atoms with Crippen LogP contribution in [0.3, 0.4) is 0 Å². The van der Waals surface area contributed by atoms with Crippen LogP contribution in [0.25, 0.3) is 11.0 Å². The van der Waals surface area contributed by atoms with Gasteiger partial charge in [-0.05, 0) is 31.2 Å². The lowest BCUT2D eigenvalue weighted by molar-refractivity contribution is 0.0163. The molecule has 1 atom stereocenters. The van der Waals surface area contributed by atoms with E-state index in [1.54, 1.807) is 24.3 Å². The lowest BCUT2D eigenvalue weighted by Crippen LogP contribution is -2.29. The van der Waals surface area contributed by atoms with Crippen molar-refractivity contribution in [1.82, 2.24) is 0 Å².